The number of likely N-dealkylation sites (tertiary alicyclic amines) is 1. The molecule has 8 rings (SSSR count). The van der Waals surface area contributed by atoms with Gasteiger partial charge in [0.05, 0.1) is 24.3 Å². The number of carbonyl (C=O) groups is 3. The molecule has 2 N–H and O–H groups in total. The van der Waals surface area contributed by atoms with Crippen LogP contribution < -0.4 is 21.1 Å². The van der Waals surface area contributed by atoms with Crippen molar-refractivity contribution in [3.05, 3.63) is 76.7 Å². The molecule has 1 saturated carbocycles. The third kappa shape index (κ3) is 6.99. The zero-order valence-corrected chi connectivity index (χ0v) is 29.9. The van der Waals surface area contributed by atoms with E-state index in [4.69, 9.17) is 4.74 Å². The third-order valence-electron chi connectivity index (χ3n) is 10.9. The molecule has 6 heterocycles. The fourth-order valence-electron chi connectivity index (χ4n) is 8.07. The molecule has 1 aromatic carbocycles. The van der Waals surface area contributed by atoms with Crippen molar-refractivity contribution in [1.29, 1.82) is 0 Å². The minimum atomic E-state index is -4.70. The van der Waals surface area contributed by atoms with E-state index >= 15 is 8.78 Å². The normalized spacial score (nSPS) is 23.3. The maximum absolute atomic E-state index is 15.8. The summed E-state index contributed by atoms with van der Waals surface area (Å²) < 4.78 is 81.2. The Balaban J connectivity index is 0.892. The number of aromatic nitrogens is 6. The minimum Gasteiger partial charge on any atom is -0.482 e. The summed E-state index contributed by atoms with van der Waals surface area (Å²) in [5, 5.41) is 10.0. The molecule has 294 valence electrons. The van der Waals surface area contributed by atoms with Gasteiger partial charge in [0.2, 0.25) is 11.8 Å². The standard InChI is InChI=1S/C37H36F5N9O5/c1-48-32-25(51(35(48)55)26-12-13-31(52)46-34(26)54)5-3-6-27(32)56-29-14-15-49(19-36(29,38)39)21-8-10-22(11-9-21)50-18-20-16-30(43-17-24(20)47-50)45-33(53)23-4-2-7-28(44-23)37(40,41)42/h2-7,16-18,21-22,26,29H,8-15,19H2,1H3,(H,45,53)(H,46,52,54)/t21-,22-,26?,29?. The van der Waals surface area contributed by atoms with E-state index in [0.717, 1.165) is 12.1 Å². The number of piperidine rings is 2. The molecule has 0 radical (unpaired) electrons. The number of fused-ring (bicyclic) bond motifs is 2. The maximum Gasteiger partial charge on any atom is 0.433 e. The number of carbonyl (C=O) groups excluding carboxylic acids is 3. The Kier molecular flexibility index (Phi) is 9.37. The number of imide groups is 1. The number of halogens is 5. The lowest BCUT2D eigenvalue weighted by atomic mass is 9.88. The van der Waals surface area contributed by atoms with Crippen molar-refractivity contribution in [3.63, 3.8) is 0 Å². The van der Waals surface area contributed by atoms with E-state index in [9.17, 15) is 32.3 Å². The zero-order valence-electron chi connectivity index (χ0n) is 29.9. The summed E-state index contributed by atoms with van der Waals surface area (Å²) in [6.45, 7) is -0.120. The van der Waals surface area contributed by atoms with Crippen molar-refractivity contribution in [3.8, 4) is 5.75 Å². The van der Waals surface area contributed by atoms with Crippen LogP contribution in [0.2, 0.25) is 0 Å². The average molecular weight is 782 g/mol. The number of amides is 3. The van der Waals surface area contributed by atoms with Crippen LogP contribution in [0.3, 0.4) is 0 Å². The number of hydrogen-bond acceptors (Lipinski definition) is 9. The van der Waals surface area contributed by atoms with Gasteiger partial charge in [-0.25, -0.2) is 23.5 Å². The number of anilines is 1. The fraction of sp³-hybridized carbons (Fsp3) is 0.432. The molecule has 56 heavy (non-hydrogen) atoms. The molecule has 5 aromatic rings. The average Bonchev–Trinajstić information content (AvgIpc) is 3.70. The number of benzene rings is 1. The predicted octanol–water partition coefficient (Wildman–Crippen LogP) is 5.00. The first-order valence-electron chi connectivity index (χ1n) is 18.2. The van der Waals surface area contributed by atoms with Gasteiger partial charge in [0, 0.05) is 44.1 Å². The van der Waals surface area contributed by atoms with Gasteiger partial charge in [-0.3, -0.25) is 38.4 Å². The van der Waals surface area contributed by atoms with Crippen LogP contribution in [-0.2, 0) is 22.8 Å². The van der Waals surface area contributed by atoms with Gasteiger partial charge in [-0.05, 0) is 62.4 Å². The van der Waals surface area contributed by atoms with Gasteiger partial charge >= 0.3 is 11.9 Å². The quantitative estimate of drug-likeness (QED) is 0.171. The molecular weight excluding hydrogens is 745 g/mol. The first-order chi connectivity index (χ1) is 26.7. The van der Waals surface area contributed by atoms with Gasteiger partial charge < -0.3 is 10.1 Å². The van der Waals surface area contributed by atoms with Crippen molar-refractivity contribution in [2.75, 3.05) is 18.4 Å². The lowest BCUT2D eigenvalue weighted by Crippen LogP contribution is -2.56. The smallest absolute Gasteiger partial charge is 0.433 e. The number of pyridine rings is 2. The lowest BCUT2D eigenvalue weighted by molar-refractivity contribution is -0.148. The Morgan fingerprint density at radius 3 is 2.48 bits per heavy atom. The van der Waals surface area contributed by atoms with Crippen LogP contribution in [0.25, 0.3) is 21.9 Å². The van der Waals surface area contributed by atoms with Crippen molar-refractivity contribution in [2.24, 2.45) is 7.05 Å². The highest BCUT2D eigenvalue weighted by Crippen LogP contribution is 2.39. The molecule has 1 aliphatic carbocycles. The third-order valence-corrected chi connectivity index (χ3v) is 10.9. The number of nitrogens with one attached hydrogen (secondary N) is 2. The summed E-state index contributed by atoms with van der Waals surface area (Å²) in [6, 6.07) is 8.35. The number of nitrogens with zero attached hydrogens (tertiary/aromatic N) is 7. The van der Waals surface area contributed by atoms with Crippen LogP contribution >= 0.6 is 0 Å². The molecule has 2 aliphatic heterocycles. The highest BCUT2D eigenvalue weighted by atomic mass is 19.4. The van der Waals surface area contributed by atoms with Gasteiger partial charge in [-0.1, -0.05) is 12.1 Å². The molecule has 3 amide bonds. The number of imidazole rings is 1. The zero-order chi connectivity index (χ0) is 39.5. The first kappa shape index (κ1) is 37.2. The Labute approximate surface area is 314 Å². The van der Waals surface area contributed by atoms with Crippen molar-refractivity contribution in [1.82, 2.24) is 39.1 Å². The second kappa shape index (κ2) is 14.1. The Hall–Kier alpha value is -5.72. The summed E-state index contributed by atoms with van der Waals surface area (Å²) in [5.74, 6) is -4.85. The molecule has 19 heteroatoms. The molecule has 2 atom stereocenters. The number of para-hydroxylation sites is 1. The number of rotatable bonds is 7. The highest BCUT2D eigenvalue weighted by molar-refractivity contribution is 6.03. The Bertz CT molecular complexity index is 2420. The van der Waals surface area contributed by atoms with E-state index in [1.807, 2.05) is 4.90 Å². The van der Waals surface area contributed by atoms with E-state index in [1.165, 1.54) is 34.5 Å². The largest absolute Gasteiger partial charge is 0.482 e. The Morgan fingerprint density at radius 2 is 1.75 bits per heavy atom. The van der Waals surface area contributed by atoms with Crippen molar-refractivity contribution in [2.45, 2.75) is 81.3 Å². The monoisotopic (exact) mass is 781 g/mol. The van der Waals surface area contributed by atoms with Gasteiger partial charge in [0.25, 0.3) is 11.8 Å². The second-order valence-corrected chi connectivity index (χ2v) is 14.5. The number of hydrogen-bond donors (Lipinski definition) is 2. The number of alkyl halides is 5. The number of aryl methyl sites for hydroxylation is 1. The molecule has 2 saturated heterocycles. The molecule has 4 aromatic heterocycles. The van der Waals surface area contributed by atoms with E-state index in [2.05, 4.69) is 25.7 Å². The molecule has 3 aliphatic rings. The summed E-state index contributed by atoms with van der Waals surface area (Å²) >= 11 is 0. The van der Waals surface area contributed by atoms with Crippen molar-refractivity contribution < 1.29 is 41.1 Å². The minimum absolute atomic E-state index is 0.00741. The topological polar surface area (TPSA) is 158 Å². The van der Waals surface area contributed by atoms with E-state index in [0.29, 0.717) is 48.6 Å². The van der Waals surface area contributed by atoms with Crippen molar-refractivity contribution >= 4 is 45.5 Å². The van der Waals surface area contributed by atoms with Gasteiger partial charge in [0.15, 0.2) is 6.10 Å². The van der Waals surface area contributed by atoms with Gasteiger partial charge in [-0.15, -0.1) is 0 Å². The molecule has 0 bridgehead atoms. The number of ether oxygens (including phenoxy) is 1. The lowest BCUT2D eigenvalue weighted by Gasteiger charge is -2.43. The van der Waals surface area contributed by atoms with Gasteiger partial charge in [0.1, 0.15) is 40.0 Å². The van der Waals surface area contributed by atoms with E-state index in [1.54, 1.807) is 29.1 Å². The molecule has 3 fully saturated rings. The van der Waals surface area contributed by atoms with Crippen LogP contribution in [-0.4, -0.2) is 82.7 Å². The summed E-state index contributed by atoms with van der Waals surface area (Å²) in [7, 11) is 1.49. The Morgan fingerprint density at radius 1 is 1.00 bits per heavy atom. The second-order valence-electron chi connectivity index (χ2n) is 14.5. The van der Waals surface area contributed by atoms with Crippen LogP contribution in [0.1, 0.15) is 73.2 Å². The van der Waals surface area contributed by atoms with Crippen LogP contribution in [0.4, 0.5) is 27.8 Å². The summed E-state index contributed by atoms with van der Waals surface area (Å²) in [4.78, 5) is 59.6. The summed E-state index contributed by atoms with van der Waals surface area (Å²) in [6.07, 6.45) is 0.0304. The summed E-state index contributed by atoms with van der Waals surface area (Å²) in [5.41, 5.74) is -0.929. The van der Waals surface area contributed by atoms with Crippen LogP contribution in [0.5, 0.6) is 5.75 Å². The van der Waals surface area contributed by atoms with E-state index in [-0.39, 0.29) is 48.4 Å². The van der Waals surface area contributed by atoms with E-state index < -0.39 is 65.6 Å². The molecule has 14 nitrogen and oxygen atoms in total. The SMILES string of the molecule is Cn1c(=O)n(C2CCC(=O)NC2=O)c2cccc(OC3CCN([C@H]4CC[C@H](n5cc6cc(NC(=O)c7cccc(C(F)(F)F)n7)ncc6n5)CC4)CC3(F)F)c21. The highest BCUT2D eigenvalue weighted by Gasteiger charge is 2.48. The maximum atomic E-state index is 15.8. The van der Waals surface area contributed by atoms with Crippen LogP contribution in [0.15, 0.2) is 59.7 Å². The molecular formula is C37H36F5N9O5. The van der Waals surface area contributed by atoms with Crippen LogP contribution in [0, 0.1) is 0 Å². The molecule has 2 unspecified atom stereocenters. The molecule has 0 spiro atoms. The fourth-order valence-corrected chi connectivity index (χ4v) is 8.07. The first-order valence-corrected chi connectivity index (χ1v) is 18.2. The van der Waals surface area contributed by atoms with Gasteiger partial charge in [-0.2, -0.15) is 18.3 Å². The predicted molar refractivity (Wildman–Crippen MR) is 190 cm³/mol.